The Bertz CT molecular complexity index is 843. The summed E-state index contributed by atoms with van der Waals surface area (Å²) in [5.41, 5.74) is 5.14. The van der Waals surface area contributed by atoms with E-state index in [1.54, 1.807) is 0 Å². The highest BCUT2D eigenvalue weighted by Gasteiger charge is 2.25. The van der Waals surface area contributed by atoms with Crippen LogP contribution in [0.2, 0.25) is 0 Å². The van der Waals surface area contributed by atoms with Crippen molar-refractivity contribution in [3.05, 3.63) is 71.3 Å². The molecule has 19 heavy (non-hydrogen) atoms. The van der Waals surface area contributed by atoms with Crippen LogP contribution in [0.4, 0.5) is 0 Å². The van der Waals surface area contributed by atoms with Gasteiger partial charge in [-0.1, -0.05) is 54.6 Å². The first kappa shape index (κ1) is 10.5. The molecule has 1 heteroatoms. The van der Waals surface area contributed by atoms with Gasteiger partial charge in [0.2, 0.25) is 0 Å². The fraction of sp³-hybridized carbons (Fsp3) is 0.0556. The summed E-state index contributed by atoms with van der Waals surface area (Å²) in [7, 11) is 0. The van der Waals surface area contributed by atoms with Gasteiger partial charge >= 0.3 is 0 Å². The van der Waals surface area contributed by atoms with Gasteiger partial charge in [-0.2, -0.15) is 0 Å². The first-order valence-electron chi connectivity index (χ1n) is 6.44. The summed E-state index contributed by atoms with van der Waals surface area (Å²) >= 11 is 0. The molecule has 0 radical (unpaired) electrons. The molecule has 0 unspecified atom stereocenters. The lowest BCUT2D eigenvalue weighted by molar-refractivity contribution is 0.104. The Morgan fingerprint density at radius 3 is 2.32 bits per heavy atom. The van der Waals surface area contributed by atoms with Gasteiger partial charge in [-0.05, 0) is 29.0 Å². The standard InChI is InChI=1S/C18H12O/c1-11-9-10-12-5-4-8-15-17(12)16(11)13-6-2-3-7-14(13)18(15)19/h2-10H,1H3. The topological polar surface area (TPSA) is 17.1 Å². The Kier molecular flexibility index (Phi) is 1.96. The van der Waals surface area contributed by atoms with E-state index in [-0.39, 0.29) is 5.78 Å². The van der Waals surface area contributed by atoms with Crippen LogP contribution in [0.1, 0.15) is 21.5 Å². The van der Waals surface area contributed by atoms with Gasteiger partial charge in [0.25, 0.3) is 0 Å². The molecule has 0 atom stereocenters. The number of fused-ring (bicyclic) bond motifs is 2. The van der Waals surface area contributed by atoms with Gasteiger partial charge in [-0.15, -0.1) is 0 Å². The molecule has 0 saturated carbocycles. The third kappa shape index (κ3) is 1.27. The minimum atomic E-state index is 0.138. The molecule has 0 aromatic heterocycles. The van der Waals surface area contributed by atoms with Gasteiger partial charge in [0.05, 0.1) is 0 Å². The average molecular weight is 244 g/mol. The van der Waals surface area contributed by atoms with Gasteiger partial charge in [-0.25, -0.2) is 0 Å². The summed E-state index contributed by atoms with van der Waals surface area (Å²) in [6.07, 6.45) is 0. The van der Waals surface area contributed by atoms with Gasteiger partial charge in [-0.3, -0.25) is 4.79 Å². The van der Waals surface area contributed by atoms with Crippen molar-refractivity contribution in [2.24, 2.45) is 0 Å². The largest absolute Gasteiger partial charge is 0.289 e. The quantitative estimate of drug-likeness (QED) is 0.449. The molecule has 1 aliphatic carbocycles. The highest BCUT2D eigenvalue weighted by atomic mass is 16.1. The third-order valence-electron chi connectivity index (χ3n) is 3.94. The van der Waals surface area contributed by atoms with Gasteiger partial charge in [0.1, 0.15) is 0 Å². The number of rotatable bonds is 0. The van der Waals surface area contributed by atoms with Crippen LogP contribution < -0.4 is 0 Å². The molecule has 1 aliphatic rings. The van der Waals surface area contributed by atoms with Gasteiger partial charge in [0.15, 0.2) is 5.78 Å². The Morgan fingerprint density at radius 1 is 0.737 bits per heavy atom. The van der Waals surface area contributed by atoms with Crippen LogP contribution in [0.15, 0.2) is 54.6 Å². The molecular formula is C18H12O. The number of benzene rings is 3. The summed E-state index contributed by atoms with van der Waals surface area (Å²) in [5.74, 6) is 0.138. The van der Waals surface area contributed by atoms with Crippen molar-refractivity contribution in [3.8, 4) is 11.1 Å². The van der Waals surface area contributed by atoms with Crippen molar-refractivity contribution >= 4 is 16.6 Å². The molecule has 0 spiro atoms. The van der Waals surface area contributed by atoms with E-state index in [1.807, 2.05) is 36.4 Å². The summed E-state index contributed by atoms with van der Waals surface area (Å²) in [6, 6.07) is 18.1. The van der Waals surface area contributed by atoms with Crippen molar-refractivity contribution in [1.29, 1.82) is 0 Å². The summed E-state index contributed by atoms with van der Waals surface area (Å²) in [4.78, 5) is 12.6. The van der Waals surface area contributed by atoms with Crippen molar-refractivity contribution < 1.29 is 4.79 Å². The van der Waals surface area contributed by atoms with E-state index in [1.165, 1.54) is 11.1 Å². The third-order valence-corrected chi connectivity index (χ3v) is 3.94. The number of aryl methyl sites for hydroxylation is 1. The Labute approximate surface area is 111 Å². The van der Waals surface area contributed by atoms with Crippen molar-refractivity contribution in [3.63, 3.8) is 0 Å². The van der Waals surface area contributed by atoms with Crippen molar-refractivity contribution in [1.82, 2.24) is 0 Å². The SMILES string of the molecule is Cc1ccc2cccc3c2c1-c1ccccc1C3=O. The zero-order chi connectivity index (χ0) is 13.0. The Hall–Kier alpha value is -2.41. The molecule has 0 amide bonds. The number of ketones is 1. The van der Waals surface area contributed by atoms with E-state index in [0.717, 1.165) is 27.5 Å². The van der Waals surface area contributed by atoms with Gasteiger partial charge < -0.3 is 0 Å². The van der Waals surface area contributed by atoms with Crippen LogP contribution in [0.25, 0.3) is 21.9 Å². The average Bonchev–Trinajstić information content (AvgIpc) is 2.45. The first-order valence-corrected chi connectivity index (χ1v) is 6.44. The maximum Gasteiger partial charge on any atom is 0.194 e. The van der Waals surface area contributed by atoms with Crippen molar-refractivity contribution in [2.45, 2.75) is 6.92 Å². The molecular weight excluding hydrogens is 232 g/mol. The van der Waals surface area contributed by atoms with Crippen molar-refractivity contribution in [2.75, 3.05) is 0 Å². The van der Waals surface area contributed by atoms with Crippen LogP contribution in [0.3, 0.4) is 0 Å². The van der Waals surface area contributed by atoms with E-state index in [0.29, 0.717) is 0 Å². The lowest BCUT2D eigenvalue weighted by Gasteiger charge is -2.21. The predicted octanol–water partition coefficient (Wildman–Crippen LogP) is 4.36. The number of hydrogen-bond acceptors (Lipinski definition) is 1. The van der Waals surface area contributed by atoms with Crippen LogP contribution in [-0.4, -0.2) is 5.78 Å². The normalized spacial score (nSPS) is 12.6. The maximum atomic E-state index is 12.6. The zero-order valence-electron chi connectivity index (χ0n) is 10.6. The fourth-order valence-electron chi connectivity index (χ4n) is 3.06. The number of carbonyl (C=O) groups is 1. The monoisotopic (exact) mass is 244 g/mol. The maximum absolute atomic E-state index is 12.6. The highest BCUT2D eigenvalue weighted by Crippen LogP contribution is 2.40. The molecule has 0 heterocycles. The van der Waals surface area contributed by atoms with Gasteiger partial charge in [0, 0.05) is 16.5 Å². The minimum absolute atomic E-state index is 0.138. The second kappa shape index (κ2) is 3.55. The van der Waals surface area contributed by atoms with Crippen LogP contribution in [0.5, 0.6) is 0 Å². The van der Waals surface area contributed by atoms with E-state index in [2.05, 4.69) is 25.1 Å². The summed E-state index contributed by atoms with van der Waals surface area (Å²) < 4.78 is 0. The molecule has 0 N–H and O–H groups in total. The van der Waals surface area contributed by atoms with E-state index in [4.69, 9.17) is 0 Å². The second-order valence-corrected chi connectivity index (χ2v) is 5.04. The molecule has 0 bridgehead atoms. The molecule has 3 aromatic carbocycles. The smallest absolute Gasteiger partial charge is 0.194 e. The summed E-state index contributed by atoms with van der Waals surface area (Å²) in [5, 5.41) is 2.24. The Balaban J connectivity index is 2.31. The molecule has 3 aromatic rings. The lowest BCUT2D eigenvalue weighted by atomic mass is 9.81. The number of hydrogen-bond donors (Lipinski definition) is 0. The van der Waals surface area contributed by atoms with E-state index in [9.17, 15) is 4.79 Å². The highest BCUT2D eigenvalue weighted by molar-refractivity contribution is 6.26. The molecule has 90 valence electrons. The number of carbonyl (C=O) groups excluding carboxylic acids is 1. The second-order valence-electron chi connectivity index (χ2n) is 5.04. The van der Waals surface area contributed by atoms with E-state index < -0.39 is 0 Å². The Morgan fingerprint density at radius 2 is 1.47 bits per heavy atom. The first-order chi connectivity index (χ1) is 9.27. The van der Waals surface area contributed by atoms with E-state index >= 15 is 0 Å². The lowest BCUT2D eigenvalue weighted by Crippen LogP contribution is -2.10. The van der Waals surface area contributed by atoms with Crippen LogP contribution in [0, 0.1) is 6.92 Å². The molecule has 4 rings (SSSR count). The molecule has 1 nitrogen and oxygen atoms in total. The molecule has 0 fully saturated rings. The van der Waals surface area contributed by atoms with Crippen LogP contribution in [-0.2, 0) is 0 Å². The zero-order valence-corrected chi connectivity index (χ0v) is 10.6. The minimum Gasteiger partial charge on any atom is -0.289 e. The summed E-state index contributed by atoms with van der Waals surface area (Å²) in [6.45, 7) is 2.11. The predicted molar refractivity (Wildman–Crippen MR) is 77.6 cm³/mol. The van der Waals surface area contributed by atoms with Crippen LogP contribution >= 0.6 is 0 Å². The fourth-order valence-corrected chi connectivity index (χ4v) is 3.06. The molecule has 0 aliphatic heterocycles. The molecule has 0 saturated heterocycles.